The van der Waals surface area contributed by atoms with Gasteiger partial charge in [0.1, 0.15) is 4.21 Å². The first-order valence-corrected chi connectivity index (χ1v) is 6.65. The molecule has 1 amide bonds. The van der Waals surface area contributed by atoms with Crippen LogP contribution in [0.1, 0.15) is 24.2 Å². The number of sulfonamides is 1. The van der Waals surface area contributed by atoms with Crippen molar-refractivity contribution < 1.29 is 13.2 Å². The molecule has 0 saturated carbocycles. The summed E-state index contributed by atoms with van der Waals surface area (Å²) in [6.07, 6.45) is 0. The van der Waals surface area contributed by atoms with Gasteiger partial charge < -0.3 is 5.32 Å². The Hall–Kier alpha value is -0.920. The summed E-state index contributed by atoms with van der Waals surface area (Å²) in [5.41, 5.74) is 0.317. The van der Waals surface area contributed by atoms with E-state index in [4.69, 9.17) is 5.14 Å². The Balaban J connectivity index is 2.90. The number of hydrogen-bond donors (Lipinski definition) is 2. The Labute approximate surface area is 92.3 Å². The lowest BCUT2D eigenvalue weighted by atomic mass is 10.3. The zero-order valence-corrected chi connectivity index (χ0v) is 9.98. The lowest BCUT2D eigenvalue weighted by Crippen LogP contribution is -2.29. The quantitative estimate of drug-likeness (QED) is 0.817. The number of thiophene rings is 1. The van der Waals surface area contributed by atoms with Gasteiger partial charge in [0.25, 0.3) is 5.91 Å². The zero-order chi connectivity index (χ0) is 11.6. The summed E-state index contributed by atoms with van der Waals surface area (Å²) in [6, 6.07) is 1.29. The third-order valence-electron chi connectivity index (χ3n) is 1.54. The molecule has 7 heteroatoms. The molecule has 0 aliphatic carbocycles. The molecule has 0 aliphatic heterocycles. The van der Waals surface area contributed by atoms with Gasteiger partial charge in [-0.1, -0.05) is 0 Å². The lowest BCUT2D eigenvalue weighted by Gasteiger charge is -2.05. The van der Waals surface area contributed by atoms with Gasteiger partial charge in [-0.3, -0.25) is 4.79 Å². The molecule has 1 aromatic heterocycles. The van der Waals surface area contributed by atoms with Crippen LogP contribution in [0.25, 0.3) is 0 Å². The monoisotopic (exact) mass is 248 g/mol. The Kier molecular flexibility index (Phi) is 3.48. The summed E-state index contributed by atoms with van der Waals surface area (Å²) in [7, 11) is -3.71. The van der Waals surface area contributed by atoms with Gasteiger partial charge in [0, 0.05) is 11.4 Å². The molecule has 0 aromatic carbocycles. The highest BCUT2D eigenvalue weighted by Crippen LogP contribution is 2.18. The first-order valence-electron chi connectivity index (χ1n) is 4.23. The Morgan fingerprint density at radius 3 is 2.53 bits per heavy atom. The maximum Gasteiger partial charge on any atom is 0.252 e. The van der Waals surface area contributed by atoms with Gasteiger partial charge in [0.15, 0.2) is 0 Å². The first-order chi connectivity index (χ1) is 6.80. The molecule has 0 radical (unpaired) electrons. The van der Waals surface area contributed by atoms with E-state index in [9.17, 15) is 13.2 Å². The van der Waals surface area contributed by atoms with Crippen molar-refractivity contribution in [1.29, 1.82) is 0 Å². The zero-order valence-electron chi connectivity index (χ0n) is 8.35. The van der Waals surface area contributed by atoms with E-state index in [-0.39, 0.29) is 16.2 Å². The molecule has 0 saturated heterocycles. The highest BCUT2D eigenvalue weighted by molar-refractivity contribution is 7.91. The Morgan fingerprint density at radius 2 is 2.13 bits per heavy atom. The summed E-state index contributed by atoms with van der Waals surface area (Å²) < 4.78 is 21.9. The molecule has 1 rings (SSSR count). The van der Waals surface area contributed by atoms with Crippen molar-refractivity contribution in [2.24, 2.45) is 5.14 Å². The highest BCUT2D eigenvalue weighted by Gasteiger charge is 2.15. The average molecular weight is 248 g/mol. The van der Waals surface area contributed by atoms with Crippen molar-refractivity contribution in [3.05, 3.63) is 17.0 Å². The number of amides is 1. The van der Waals surface area contributed by atoms with Crippen LogP contribution in [-0.4, -0.2) is 20.4 Å². The van der Waals surface area contributed by atoms with Crippen LogP contribution in [0.2, 0.25) is 0 Å². The van der Waals surface area contributed by atoms with Gasteiger partial charge in [0.2, 0.25) is 10.0 Å². The largest absolute Gasteiger partial charge is 0.350 e. The normalized spacial score (nSPS) is 11.7. The second-order valence-corrected chi connectivity index (χ2v) is 6.03. The second-order valence-electron chi connectivity index (χ2n) is 3.33. The predicted molar refractivity (Wildman–Crippen MR) is 58.3 cm³/mol. The van der Waals surface area contributed by atoms with Gasteiger partial charge in [-0.05, 0) is 19.9 Å². The van der Waals surface area contributed by atoms with Crippen molar-refractivity contribution in [1.82, 2.24) is 5.32 Å². The van der Waals surface area contributed by atoms with Crippen LogP contribution in [0, 0.1) is 0 Å². The van der Waals surface area contributed by atoms with Gasteiger partial charge in [-0.25, -0.2) is 13.6 Å². The molecule has 0 spiro atoms. The van der Waals surface area contributed by atoms with E-state index in [2.05, 4.69) is 5.32 Å². The van der Waals surface area contributed by atoms with E-state index in [1.165, 1.54) is 11.4 Å². The third-order valence-corrected chi connectivity index (χ3v) is 3.92. The van der Waals surface area contributed by atoms with Gasteiger partial charge >= 0.3 is 0 Å². The molecule has 0 aliphatic rings. The van der Waals surface area contributed by atoms with Crippen molar-refractivity contribution in [3.63, 3.8) is 0 Å². The van der Waals surface area contributed by atoms with Crippen LogP contribution in [0.3, 0.4) is 0 Å². The number of primary sulfonamides is 1. The number of hydrogen-bond acceptors (Lipinski definition) is 4. The third kappa shape index (κ3) is 3.29. The standard InChI is InChI=1S/C8H12N2O3S2/c1-5(2)10-8(11)6-3-7(14-4-6)15(9,12)13/h3-5H,1-2H3,(H,10,11)(H2,9,12,13). The smallest absolute Gasteiger partial charge is 0.252 e. The predicted octanol–water partition coefficient (Wildman–Crippen LogP) is 0.534. The maximum absolute atomic E-state index is 11.5. The molecular weight excluding hydrogens is 236 g/mol. The van der Waals surface area contributed by atoms with Crippen LogP contribution in [-0.2, 0) is 10.0 Å². The first kappa shape index (κ1) is 12.2. The van der Waals surface area contributed by atoms with Crippen molar-refractivity contribution >= 4 is 27.3 Å². The number of carbonyl (C=O) groups excluding carboxylic acids is 1. The topological polar surface area (TPSA) is 89.3 Å². The average Bonchev–Trinajstić information content (AvgIpc) is 2.48. The second kappa shape index (κ2) is 4.30. The Bertz CT molecular complexity index is 462. The molecule has 0 atom stereocenters. The van der Waals surface area contributed by atoms with E-state index in [0.717, 1.165) is 11.3 Å². The highest BCUT2D eigenvalue weighted by atomic mass is 32.2. The van der Waals surface area contributed by atoms with E-state index >= 15 is 0 Å². The summed E-state index contributed by atoms with van der Waals surface area (Å²) in [5, 5.41) is 9.05. The Morgan fingerprint density at radius 1 is 1.53 bits per heavy atom. The fourth-order valence-electron chi connectivity index (χ4n) is 0.930. The lowest BCUT2D eigenvalue weighted by molar-refractivity contribution is 0.0943. The molecule has 15 heavy (non-hydrogen) atoms. The van der Waals surface area contributed by atoms with E-state index in [1.54, 1.807) is 0 Å². The molecule has 84 valence electrons. The van der Waals surface area contributed by atoms with Crippen LogP contribution in [0.5, 0.6) is 0 Å². The minimum absolute atomic E-state index is 0.00333. The van der Waals surface area contributed by atoms with Gasteiger partial charge in [-0.15, -0.1) is 11.3 Å². The van der Waals surface area contributed by atoms with Crippen LogP contribution in [0.4, 0.5) is 0 Å². The molecule has 5 nitrogen and oxygen atoms in total. The minimum Gasteiger partial charge on any atom is -0.350 e. The fraction of sp³-hybridized carbons (Fsp3) is 0.375. The number of nitrogens with two attached hydrogens (primary N) is 1. The van der Waals surface area contributed by atoms with Gasteiger partial charge in [0.05, 0.1) is 5.56 Å². The number of nitrogens with one attached hydrogen (secondary N) is 1. The molecule has 1 aromatic rings. The van der Waals surface area contributed by atoms with Crippen molar-refractivity contribution in [2.45, 2.75) is 24.1 Å². The molecular formula is C8H12N2O3S2. The fourth-order valence-corrected chi connectivity index (χ4v) is 2.52. The molecule has 1 heterocycles. The molecule has 0 bridgehead atoms. The SMILES string of the molecule is CC(C)NC(=O)c1csc(S(N)(=O)=O)c1. The van der Waals surface area contributed by atoms with Crippen molar-refractivity contribution in [3.8, 4) is 0 Å². The summed E-state index contributed by atoms with van der Waals surface area (Å²) in [4.78, 5) is 11.5. The van der Waals surface area contributed by atoms with E-state index in [0.29, 0.717) is 5.56 Å². The van der Waals surface area contributed by atoms with E-state index in [1.807, 2.05) is 13.8 Å². The summed E-state index contributed by atoms with van der Waals surface area (Å²) >= 11 is 0.938. The minimum atomic E-state index is -3.71. The number of carbonyl (C=O) groups is 1. The van der Waals surface area contributed by atoms with E-state index < -0.39 is 10.0 Å². The maximum atomic E-state index is 11.5. The van der Waals surface area contributed by atoms with Gasteiger partial charge in [-0.2, -0.15) is 0 Å². The summed E-state index contributed by atoms with van der Waals surface area (Å²) in [5.74, 6) is -0.295. The van der Waals surface area contributed by atoms with Crippen LogP contribution < -0.4 is 10.5 Å². The summed E-state index contributed by atoms with van der Waals surface area (Å²) in [6.45, 7) is 3.65. The molecule has 3 N–H and O–H groups in total. The van der Waals surface area contributed by atoms with Crippen LogP contribution >= 0.6 is 11.3 Å². The molecule has 0 fully saturated rings. The van der Waals surface area contributed by atoms with Crippen molar-refractivity contribution in [2.75, 3.05) is 0 Å². The van der Waals surface area contributed by atoms with Crippen LogP contribution in [0.15, 0.2) is 15.7 Å². The number of rotatable bonds is 3. The molecule has 0 unspecified atom stereocenters.